The molecule has 1 fully saturated rings. The molecule has 1 N–H and O–H groups in total. The minimum absolute atomic E-state index is 0.0221. The molecular formula is C11H15FN2O2. The second-order valence-corrected chi connectivity index (χ2v) is 4.32. The molecule has 0 amide bonds. The van der Waals surface area contributed by atoms with E-state index in [0.29, 0.717) is 18.4 Å². The van der Waals surface area contributed by atoms with Crippen molar-refractivity contribution >= 4 is 5.97 Å². The van der Waals surface area contributed by atoms with Gasteiger partial charge in [0.15, 0.2) is 0 Å². The summed E-state index contributed by atoms with van der Waals surface area (Å²) in [6.07, 6.45) is 5.44. The van der Waals surface area contributed by atoms with E-state index in [1.807, 2.05) is 0 Å². The molecule has 2 atom stereocenters. The van der Waals surface area contributed by atoms with E-state index in [1.165, 1.54) is 0 Å². The second kappa shape index (κ2) is 4.63. The number of carboxylic acid groups (broad SMARTS) is 1. The Morgan fingerprint density at radius 1 is 1.62 bits per heavy atom. The average Bonchev–Trinajstić information content (AvgIpc) is 2.65. The fraction of sp³-hybridized carbons (Fsp3) is 0.636. The summed E-state index contributed by atoms with van der Waals surface area (Å²) in [5.41, 5.74) is 0.675. The maximum atomic E-state index is 13.2. The lowest BCUT2D eigenvalue weighted by Crippen LogP contribution is -2.20. The van der Waals surface area contributed by atoms with Gasteiger partial charge in [-0.15, -0.1) is 0 Å². The molecule has 1 aromatic rings. The second-order valence-electron chi connectivity index (χ2n) is 4.32. The van der Waals surface area contributed by atoms with Crippen LogP contribution in [0.2, 0.25) is 0 Å². The van der Waals surface area contributed by atoms with Crippen molar-refractivity contribution in [1.29, 1.82) is 0 Å². The summed E-state index contributed by atoms with van der Waals surface area (Å²) in [6, 6.07) is 0.0892. The highest BCUT2D eigenvalue weighted by molar-refractivity contribution is 5.69. The zero-order valence-corrected chi connectivity index (χ0v) is 8.97. The molecule has 1 aliphatic carbocycles. The van der Waals surface area contributed by atoms with Crippen LogP contribution in [0.3, 0.4) is 0 Å². The van der Waals surface area contributed by atoms with E-state index in [1.54, 1.807) is 17.1 Å². The van der Waals surface area contributed by atoms with Gasteiger partial charge in [0.1, 0.15) is 6.17 Å². The number of carboxylic acids is 1. The van der Waals surface area contributed by atoms with Gasteiger partial charge in [-0.1, -0.05) is 0 Å². The summed E-state index contributed by atoms with van der Waals surface area (Å²) in [5.74, 6) is -0.869. The molecule has 1 aliphatic rings. The van der Waals surface area contributed by atoms with Crippen LogP contribution in [-0.4, -0.2) is 27.0 Å². The van der Waals surface area contributed by atoms with Crippen molar-refractivity contribution in [3.05, 3.63) is 18.0 Å². The summed E-state index contributed by atoms with van der Waals surface area (Å²) in [7, 11) is 0. The highest BCUT2D eigenvalue weighted by atomic mass is 19.1. The molecule has 0 aliphatic heterocycles. The number of hydrogen-bond acceptors (Lipinski definition) is 2. The fourth-order valence-corrected chi connectivity index (χ4v) is 2.19. The molecule has 0 saturated heterocycles. The topological polar surface area (TPSA) is 55.1 Å². The number of nitrogens with zero attached hydrogens (tertiary/aromatic N) is 2. The number of halogens is 1. The van der Waals surface area contributed by atoms with Crippen LogP contribution >= 0.6 is 0 Å². The lowest BCUT2D eigenvalue weighted by Gasteiger charge is -2.24. The SMILES string of the molecule is O=C(O)Cc1cnn(C2CCCC(F)C2)c1. The van der Waals surface area contributed by atoms with Crippen molar-refractivity contribution in [3.63, 3.8) is 0 Å². The van der Waals surface area contributed by atoms with Gasteiger partial charge in [-0.25, -0.2) is 4.39 Å². The van der Waals surface area contributed by atoms with Crippen LogP contribution in [0.5, 0.6) is 0 Å². The van der Waals surface area contributed by atoms with Crippen molar-refractivity contribution in [2.45, 2.75) is 44.3 Å². The number of rotatable bonds is 3. The normalized spacial score (nSPS) is 25.6. The van der Waals surface area contributed by atoms with Crippen LogP contribution in [0.1, 0.15) is 37.3 Å². The molecule has 0 bridgehead atoms. The minimum Gasteiger partial charge on any atom is -0.481 e. The Morgan fingerprint density at radius 2 is 2.44 bits per heavy atom. The third-order valence-electron chi connectivity index (χ3n) is 2.97. The third-order valence-corrected chi connectivity index (χ3v) is 2.97. The highest BCUT2D eigenvalue weighted by Crippen LogP contribution is 2.29. The predicted molar refractivity (Wildman–Crippen MR) is 56.0 cm³/mol. The lowest BCUT2D eigenvalue weighted by molar-refractivity contribution is -0.136. The van der Waals surface area contributed by atoms with Gasteiger partial charge < -0.3 is 5.11 Å². The molecule has 16 heavy (non-hydrogen) atoms. The zero-order chi connectivity index (χ0) is 11.5. The Labute approximate surface area is 93.1 Å². The first-order valence-electron chi connectivity index (χ1n) is 5.54. The van der Waals surface area contributed by atoms with Crippen molar-refractivity contribution in [1.82, 2.24) is 9.78 Å². The molecule has 88 valence electrons. The first kappa shape index (κ1) is 11.1. The maximum Gasteiger partial charge on any atom is 0.307 e. The Hall–Kier alpha value is -1.39. The minimum atomic E-state index is -0.869. The summed E-state index contributed by atoms with van der Waals surface area (Å²) >= 11 is 0. The van der Waals surface area contributed by atoms with Crippen molar-refractivity contribution in [2.75, 3.05) is 0 Å². The van der Waals surface area contributed by atoms with Gasteiger partial charge >= 0.3 is 5.97 Å². The molecule has 1 saturated carbocycles. The van der Waals surface area contributed by atoms with Crippen molar-refractivity contribution in [3.8, 4) is 0 Å². The summed E-state index contributed by atoms with van der Waals surface area (Å²) in [6.45, 7) is 0. The average molecular weight is 226 g/mol. The molecule has 0 aromatic carbocycles. The Balaban J connectivity index is 2.03. The first-order chi connectivity index (χ1) is 7.65. The van der Waals surface area contributed by atoms with Crippen LogP contribution in [0.25, 0.3) is 0 Å². The monoisotopic (exact) mass is 226 g/mol. The molecule has 4 nitrogen and oxygen atoms in total. The van der Waals surface area contributed by atoms with E-state index in [2.05, 4.69) is 5.10 Å². The van der Waals surface area contributed by atoms with E-state index in [9.17, 15) is 9.18 Å². The van der Waals surface area contributed by atoms with Crippen LogP contribution in [-0.2, 0) is 11.2 Å². The number of alkyl halides is 1. The van der Waals surface area contributed by atoms with Crippen molar-refractivity contribution in [2.24, 2.45) is 0 Å². The number of hydrogen-bond donors (Lipinski definition) is 1. The van der Waals surface area contributed by atoms with Crippen LogP contribution < -0.4 is 0 Å². The van der Waals surface area contributed by atoms with E-state index < -0.39 is 12.1 Å². The van der Waals surface area contributed by atoms with Gasteiger partial charge in [0.05, 0.1) is 18.7 Å². The van der Waals surface area contributed by atoms with Crippen LogP contribution in [0.15, 0.2) is 12.4 Å². The Morgan fingerprint density at radius 3 is 3.12 bits per heavy atom. The zero-order valence-electron chi connectivity index (χ0n) is 8.97. The number of aliphatic carboxylic acids is 1. The largest absolute Gasteiger partial charge is 0.481 e. The molecule has 2 unspecified atom stereocenters. The predicted octanol–water partition coefficient (Wildman–Crippen LogP) is 1.96. The van der Waals surface area contributed by atoms with Crippen molar-refractivity contribution < 1.29 is 14.3 Å². The maximum absolute atomic E-state index is 13.2. The molecule has 5 heteroatoms. The first-order valence-corrected chi connectivity index (χ1v) is 5.54. The molecule has 1 aromatic heterocycles. The quantitative estimate of drug-likeness (QED) is 0.857. The molecule has 0 spiro atoms. The van der Waals surface area contributed by atoms with E-state index >= 15 is 0 Å². The smallest absolute Gasteiger partial charge is 0.307 e. The standard InChI is InChI=1S/C11H15FN2O2/c12-9-2-1-3-10(5-9)14-7-8(6-13-14)4-11(15)16/h6-7,9-10H,1-5H2,(H,15,16). The van der Waals surface area contributed by atoms with E-state index in [0.717, 1.165) is 12.8 Å². The Bertz CT molecular complexity index is 378. The summed E-state index contributed by atoms with van der Waals surface area (Å²) < 4.78 is 14.9. The van der Waals surface area contributed by atoms with E-state index in [4.69, 9.17) is 5.11 Å². The molecular weight excluding hydrogens is 211 g/mol. The van der Waals surface area contributed by atoms with Gasteiger partial charge in [-0.05, 0) is 19.3 Å². The summed E-state index contributed by atoms with van der Waals surface area (Å²) in [5, 5.41) is 12.7. The number of aromatic nitrogens is 2. The number of carbonyl (C=O) groups is 1. The Kier molecular flexibility index (Phi) is 3.22. The van der Waals surface area contributed by atoms with Gasteiger partial charge in [0.25, 0.3) is 0 Å². The van der Waals surface area contributed by atoms with Crippen LogP contribution in [0, 0.1) is 0 Å². The molecule has 1 heterocycles. The van der Waals surface area contributed by atoms with E-state index in [-0.39, 0.29) is 12.5 Å². The van der Waals surface area contributed by atoms with Gasteiger partial charge in [0.2, 0.25) is 0 Å². The third kappa shape index (κ3) is 2.59. The van der Waals surface area contributed by atoms with Gasteiger partial charge in [0, 0.05) is 18.2 Å². The highest BCUT2D eigenvalue weighted by Gasteiger charge is 2.23. The van der Waals surface area contributed by atoms with Gasteiger partial charge in [-0.3, -0.25) is 9.48 Å². The lowest BCUT2D eigenvalue weighted by atomic mass is 9.94. The molecule has 0 radical (unpaired) electrons. The molecule has 2 rings (SSSR count). The van der Waals surface area contributed by atoms with Crippen LogP contribution in [0.4, 0.5) is 4.39 Å². The van der Waals surface area contributed by atoms with Gasteiger partial charge in [-0.2, -0.15) is 5.10 Å². The fourth-order valence-electron chi connectivity index (χ4n) is 2.19. The summed E-state index contributed by atoms with van der Waals surface area (Å²) in [4.78, 5) is 10.5.